The SMILES string of the molecule is CCSc1ccc(C(C)NC(=O)NCc2ccccc2)cc1. The third-order valence-electron chi connectivity index (χ3n) is 3.33. The Morgan fingerprint density at radius 1 is 1.09 bits per heavy atom. The molecule has 0 aliphatic heterocycles. The maximum atomic E-state index is 11.9. The van der Waals surface area contributed by atoms with Crippen LogP contribution in [0.5, 0.6) is 0 Å². The predicted octanol–water partition coefficient (Wildman–Crippen LogP) is 4.36. The van der Waals surface area contributed by atoms with E-state index in [-0.39, 0.29) is 12.1 Å². The molecule has 0 heterocycles. The molecule has 4 heteroatoms. The van der Waals surface area contributed by atoms with Crippen molar-refractivity contribution in [2.45, 2.75) is 31.3 Å². The van der Waals surface area contributed by atoms with Gasteiger partial charge in [0.2, 0.25) is 0 Å². The van der Waals surface area contributed by atoms with Crippen LogP contribution in [0.2, 0.25) is 0 Å². The van der Waals surface area contributed by atoms with Gasteiger partial charge in [0.25, 0.3) is 0 Å². The van der Waals surface area contributed by atoms with Gasteiger partial charge in [-0.3, -0.25) is 0 Å². The number of carbonyl (C=O) groups is 1. The Bertz CT molecular complexity index is 584. The van der Waals surface area contributed by atoms with E-state index in [0.717, 1.165) is 16.9 Å². The van der Waals surface area contributed by atoms with Crippen molar-refractivity contribution in [2.24, 2.45) is 0 Å². The Balaban J connectivity index is 1.82. The second-order valence-electron chi connectivity index (χ2n) is 5.04. The normalized spacial score (nSPS) is 11.7. The van der Waals surface area contributed by atoms with E-state index in [1.54, 1.807) is 0 Å². The Kier molecular flexibility index (Phi) is 6.34. The van der Waals surface area contributed by atoms with Gasteiger partial charge in [-0.25, -0.2) is 4.79 Å². The average Bonchev–Trinajstić information content (AvgIpc) is 2.55. The molecule has 0 aliphatic carbocycles. The van der Waals surface area contributed by atoms with E-state index >= 15 is 0 Å². The molecule has 0 aromatic heterocycles. The van der Waals surface area contributed by atoms with Crippen LogP contribution in [0.3, 0.4) is 0 Å². The van der Waals surface area contributed by atoms with Gasteiger partial charge in [-0.05, 0) is 35.9 Å². The lowest BCUT2D eigenvalue weighted by Gasteiger charge is -2.15. The fourth-order valence-corrected chi connectivity index (χ4v) is 2.79. The monoisotopic (exact) mass is 314 g/mol. The first-order valence-corrected chi connectivity index (χ1v) is 8.48. The van der Waals surface area contributed by atoms with Gasteiger partial charge in [0.05, 0.1) is 6.04 Å². The first-order chi connectivity index (χ1) is 10.7. The lowest BCUT2D eigenvalue weighted by Crippen LogP contribution is -2.36. The summed E-state index contributed by atoms with van der Waals surface area (Å²) in [6.07, 6.45) is 0. The first-order valence-electron chi connectivity index (χ1n) is 7.50. The van der Waals surface area contributed by atoms with Crippen LogP contribution in [0.25, 0.3) is 0 Å². The molecule has 3 nitrogen and oxygen atoms in total. The van der Waals surface area contributed by atoms with Crippen LogP contribution in [-0.4, -0.2) is 11.8 Å². The van der Waals surface area contributed by atoms with Gasteiger partial charge in [0.1, 0.15) is 0 Å². The molecule has 0 saturated carbocycles. The Hall–Kier alpha value is -1.94. The Morgan fingerprint density at radius 3 is 2.41 bits per heavy atom. The highest BCUT2D eigenvalue weighted by atomic mass is 32.2. The number of rotatable bonds is 6. The fourth-order valence-electron chi connectivity index (χ4n) is 2.13. The highest BCUT2D eigenvalue weighted by molar-refractivity contribution is 7.99. The number of hydrogen-bond acceptors (Lipinski definition) is 2. The number of benzene rings is 2. The Labute approximate surface area is 136 Å². The lowest BCUT2D eigenvalue weighted by molar-refractivity contribution is 0.237. The van der Waals surface area contributed by atoms with Gasteiger partial charge in [0.15, 0.2) is 0 Å². The maximum Gasteiger partial charge on any atom is 0.315 e. The summed E-state index contributed by atoms with van der Waals surface area (Å²) in [4.78, 5) is 13.2. The van der Waals surface area contributed by atoms with Crippen molar-refractivity contribution < 1.29 is 4.79 Å². The maximum absolute atomic E-state index is 11.9. The van der Waals surface area contributed by atoms with Gasteiger partial charge in [-0.15, -0.1) is 11.8 Å². The van der Waals surface area contributed by atoms with E-state index < -0.39 is 0 Å². The van der Waals surface area contributed by atoms with Crippen LogP contribution in [-0.2, 0) is 6.54 Å². The number of urea groups is 1. The standard InChI is InChI=1S/C18H22N2OS/c1-3-22-17-11-9-16(10-12-17)14(2)20-18(21)19-13-15-7-5-4-6-8-15/h4-12,14H,3,13H2,1-2H3,(H2,19,20,21). The molecule has 2 amide bonds. The zero-order valence-electron chi connectivity index (χ0n) is 13.0. The van der Waals surface area contributed by atoms with Crippen LogP contribution >= 0.6 is 11.8 Å². The molecule has 0 aliphatic rings. The zero-order chi connectivity index (χ0) is 15.8. The third-order valence-corrected chi connectivity index (χ3v) is 4.23. The quantitative estimate of drug-likeness (QED) is 0.778. The van der Waals surface area contributed by atoms with Crippen LogP contribution < -0.4 is 10.6 Å². The van der Waals surface area contributed by atoms with Gasteiger partial charge in [-0.2, -0.15) is 0 Å². The number of hydrogen-bond donors (Lipinski definition) is 2. The Morgan fingerprint density at radius 2 is 1.77 bits per heavy atom. The van der Waals surface area contributed by atoms with E-state index in [4.69, 9.17) is 0 Å². The predicted molar refractivity (Wildman–Crippen MR) is 93.1 cm³/mol. The van der Waals surface area contributed by atoms with Crippen LogP contribution in [0.1, 0.15) is 31.0 Å². The molecule has 2 aromatic rings. The minimum atomic E-state index is -0.150. The largest absolute Gasteiger partial charge is 0.334 e. The summed E-state index contributed by atoms with van der Waals surface area (Å²) in [7, 11) is 0. The molecule has 2 rings (SSSR count). The topological polar surface area (TPSA) is 41.1 Å². The zero-order valence-corrected chi connectivity index (χ0v) is 13.8. The molecule has 22 heavy (non-hydrogen) atoms. The average molecular weight is 314 g/mol. The highest BCUT2D eigenvalue weighted by Gasteiger charge is 2.09. The molecule has 0 fully saturated rings. The van der Waals surface area contributed by atoms with E-state index in [1.165, 1.54) is 4.90 Å². The van der Waals surface area contributed by atoms with Gasteiger partial charge < -0.3 is 10.6 Å². The second kappa shape index (κ2) is 8.49. The van der Waals surface area contributed by atoms with Gasteiger partial charge in [-0.1, -0.05) is 49.4 Å². The minimum absolute atomic E-state index is 0.0172. The molecular formula is C18H22N2OS. The molecule has 116 valence electrons. The summed E-state index contributed by atoms with van der Waals surface area (Å²) in [5, 5.41) is 5.84. The fraction of sp³-hybridized carbons (Fsp3) is 0.278. The van der Waals surface area contributed by atoms with Crippen molar-refractivity contribution in [1.82, 2.24) is 10.6 Å². The molecule has 0 radical (unpaired) electrons. The second-order valence-corrected chi connectivity index (χ2v) is 6.37. The van der Waals surface area contributed by atoms with Crippen LogP contribution in [0, 0.1) is 0 Å². The van der Waals surface area contributed by atoms with Crippen LogP contribution in [0.15, 0.2) is 59.5 Å². The number of nitrogens with one attached hydrogen (secondary N) is 2. The van der Waals surface area contributed by atoms with Crippen LogP contribution in [0.4, 0.5) is 4.79 Å². The van der Waals surface area contributed by atoms with Crippen molar-refractivity contribution in [2.75, 3.05) is 5.75 Å². The highest BCUT2D eigenvalue weighted by Crippen LogP contribution is 2.20. The van der Waals surface area contributed by atoms with E-state index in [1.807, 2.05) is 49.0 Å². The summed E-state index contributed by atoms with van der Waals surface area (Å²) in [5.41, 5.74) is 2.20. The lowest BCUT2D eigenvalue weighted by atomic mass is 10.1. The molecule has 0 saturated heterocycles. The van der Waals surface area contributed by atoms with Crippen molar-refractivity contribution in [1.29, 1.82) is 0 Å². The molecule has 1 atom stereocenters. The summed E-state index contributed by atoms with van der Waals surface area (Å²) < 4.78 is 0. The number of carbonyl (C=O) groups excluding carboxylic acids is 1. The summed E-state index contributed by atoms with van der Waals surface area (Å²) in [5.74, 6) is 1.06. The van der Waals surface area contributed by atoms with E-state index in [9.17, 15) is 4.79 Å². The van der Waals surface area contributed by atoms with E-state index in [0.29, 0.717) is 6.54 Å². The smallest absolute Gasteiger partial charge is 0.315 e. The summed E-state index contributed by atoms with van der Waals surface area (Å²) >= 11 is 1.82. The van der Waals surface area contributed by atoms with Crippen molar-refractivity contribution in [3.8, 4) is 0 Å². The summed E-state index contributed by atoms with van der Waals surface area (Å²) in [6.45, 7) is 4.66. The molecule has 2 N–H and O–H groups in total. The van der Waals surface area contributed by atoms with Crippen molar-refractivity contribution in [3.05, 3.63) is 65.7 Å². The molecule has 1 unspecified atom stereocenters. The number of thioether (sulfide) groups is 1. The molecule has 0 spiro atoms. The summed E-state index contributed by atoms with van der Waals surface area (Å²) in [6, 6.07) is 18.1. The molecular weight excluding hydrogens is 292 g/mol. The first kappa shape index (κ1) is 16.4. The van der Waals surface area contributed by atoms with E-state index in [2.05, 4.69) is 41.8 Å². The molecule has 2 aromatic carbocycles. The number of amides is 2. The van der Waals surface area contributed by atoms with Crippen molar-refractivity contribution in [3.63, 3.8) is 0 Å². The van der Waals surface area contributed by atoms with Gasteiger partial charge in [0, 0.05) is 11.4 Å². The third kappa shape index (κ3) is 5.11. The minimum Gasteiger partial charge on any atom is -0.334 e. The van der Waals surface area contributed by atoms with Crippen molar-refractivity contribution >= 4 is 17.8 Å². The van der Waals surface area contributed by atoms with Gasteiger partial charge >= 0.3 is 6.03 Å². The molecule has 0 bridgehead atoms.